The van der Waals surface area contributed by atoms with Gasteiger partial charge in [0.25, 0.3) is 0 Å². The Kier molecular flexibility index (Phi) is 3.98. The van der Waals surface area contributed by atoms with E-state index >= 15 is 0 Å². The Hall–Kier alpha value is -2.12. The number of aromatic nitrogens is 2. The van der Waals surface area contributed by atoms with E-state index in [2.05, 4.69) is 28.6 Å². The van der Waals surface area contributed by atoms with Crippen LogP contribution >= 0.6 is 0 Å². The molecule has 1 N–H and O–H groups in total. The van der Waals surface area contributed by atoms with E-state index in [4.69, 9.17) is 0 Å². The minimum atomic E-state index is -0.589. The molecule has 0 radical (unpaired) electrons. The fourth-order valence-corrected chi connectivity index (χ4v) is 2.07. The molecule has 0 aliphatic heterocycles. The first-order chi connectivity index (χ1) is 9.17. The van der Waals surface area contributed by atoms with Crippen LogP contribution in [0.2, 0.25) is 0 Å². The molecule has 0 aliphatic rings. The first-order valence-corrected chi connectivity index (χ1v) is 6.41. The maximum atomic E-state index is 9.25. The van der Waals surface area contributed by atoms with Crippen molar-refractivity contribution in [2.45, 2.75) is 25.9 Å². The Balaban J connectivity index is 2.16. The molecule has 0 saturated carbocycles. The molecule has 1 unspecified atom stereocenters. The number of nitrogens with zero attached hydrogens (tertiary/aromatic N) is 3. The minimum absolute atomic E-state index is 0.532. The molecular formula is C15H18N4. The zero-order valence-electron chi connectivity index (χ0n) is 11.3. The number of nitrogens with one attached hydrogen (secondary N) is 1. The summed E-state index contributed by atoms with van der Waals surface area (Å²) in [6.45, 7) is 5.18. The molecule has 0 aliphatic carbocycles. The van der Waals surface area contributed by atoms with Gasteiger partial charge in [0.1, 0.15) is 5.54 Å². The van der Waals surface area contributed by atoms with Crippen LogP contribution in [0.25, 0.3) is 11.1 Å². The quantitative estimate of drug-likeness (QED) is 0.891. The van der Waals surface area contributed by atoms with Crippen LogP contribution in [0.5, 0.6) is 0 Å². The minimum Gasteiger partial charge on any atom is -0.298 e. The molecule has 2 aromatic rings. The van der Waals surface area contributed by atoms with Crippen molar-refractivity contribution in [3.05, 3.63) is 42.7 Å². The van der Waals surface area contributed by atoms with Gasteiger partial charge in [0, 0.05) is 11.8 Å². The summed E-state index contributed by atoms with van der Waals surface area (Å²) in [5.41, 5.74) is 1.61. The van der Waals surface area contributed by atoms with Crippen LogP contribution in [-0.4, -0.2) is 21.9 Å². The van der Waals surface area contributed by atoms with Gasteiger partial charge in [0.15, 0.2) is 0 Å². The highest BCUT2D eigenvalue weighted by Gasteiger charge is 2.23. The Labute approximate surface area is 113 Å². The molecule has 0 amide bonds. The third kappa shape index (κ3) is 3.21. The smallest absolute Gasteiger partial charge is 0.123 e. The van der Waals surface area contributed by atoms with Gasteiger partial charge < -0.3 is 0 Å². The summed E-state index contributed by atoms with van der Waals surface area (Å²) >= 11 is 0. The zero-order chi connectivity index (χ0) is 13.7. The molecule has 98 valence electrons. The van der Waals surface area contributed by atoms with E-state index in [1.165, 1.54) is 0 Å². The second-order valence-electron chi connectivity index (χ2n) is 4.77. The normalized spacial score (nSPS) is 13.7. The summed E-state index contributed by atoms with van der Waals surface area (Å²) < 4.78 is 1.81. The van der Waals surface area contributed by atoms with E-state index in [1.807, 2.05) is 49.1 Å². The van der Waals surface area contributed by atoms with E-state index in [0.29, 0.717) is 6.54 Å². The van der Waals surface area contributed by atoms with Gasteiger partial charge in [0.2, 0.25) is 0 Å². The molecule has 1 atom stereocenters. The van der Waals surface area contributed by atoms with E-state index < -0.39 is 5.54 Å². The SMILES string of the molecule is CCNC(C)(C#N)Cn1cc(-c2ccccc2)cn1. The van der Waals surface area contributed by atoms with Gasteiger partial charge in [-0.05, 0) is 19.0 Å². The van der Waals surface area contributed by atoms with Crippen LogP contribution in [-0.2, 0) is 6.54 Å². The van der Waals surface area contributed by atoms with E-state index in [0.717, 1.165) is 17.7 Å². The van der Waals surface area contributed by atoms with Crippen LogP contribution in [0.15, 0.2) is 42.7 Å². The molecule has 1 heterocycles. The lowest BCUT2D eigenvalue weighted by Gasteiger charge is -2.22. The van der Waals surface area contributed by atoms with Gasteiger partial charge in [-0.15, -0.1) is 0 Å². The Morgan fingerprint density at radius 1 is 1.32 bits per heavy atom. The molecular weight excluding hydrogens is 236 g/mol. The fraction of sp³-hybridized carbons (Fsp3) is 0.333. The van der Waals surface area contributed by atoms with Crippen molar-refractivity contribution in [2.24, 2.45) is 0 Å². The number of benzene rings is 1. The molecule has 1 aromatic heterocycles. The van der Waals surface area contributed by atoms with E-state index in [1.54, 1.807) is 0 Å². The van der Waals surface area contributed by atoms with Crippen molar-refractivity contribution < 1.29 is 0 Å². The lowest BCUT2D eigenvalue weighted by atomic mass is 10.1. The summed E-state index contributed by atoms with van der Waals surface area (Å²) in [5.74, 6) is 0. The summed E-state index contributed by atoms with van der Waals surface area (Å²) in [4.78, 5) is 0. The van der Waals surface area contributed by atoms with Gasteiger partial charge in [-0.25, -0.2) is 0 Å². The number of likely N-dealkylation sites (N-methyl/N-ethyl adjacent to an activating group) is 1. The van der Waals surface area contributed by atoms with Crippen molar-refractivity contribution in [3.63, 3.8) is 0 Å². The maximum absolute atomic E-state index is 9.25. The van der Waals surface area contributed by atoms with E-state index in [9.17, 15) is 5.26 Å². The van der Waals surface area contributed by atoms with E-state index in [-0.39, 0.29) is 0 Å². The van der Waals surface area contributed by atoms with Gasteiger partial charge in [-0.2, -0.15) is 10.4 Å². The number of hydrogen-bond acceptors (Lipinski definition) is 3. The second kappa shape index (κ2) is 5.68. The Bertz CT molecular complexity index is 567. The average Bonchev–Trinajstić information content (AvgIpc) is 2.88. The lowest BCUT2D eigenvalue weighted by molar-refractivity contribution is 0.378. The summed E-state index contributed by atoms with van der Waals surface area (Å²) in [5, 5.41) is 16.8. The molecule has 0 spiro atoms. The van der Waals surface area contributed by atoms with Crippen LogP contribution in [0.3, 0.4) is 0 Å². The predicted molar refractivity (Wildman–Crippen MR) is 75.4 cm³/mol. The molecule has 4 heteroatoms. The predicted octanol–water partition coefficient (Wildman–Crippen LogP) is 2.44. The lowest BCUT2D eigenvalue weighted by Crippen LogP contribution is -2.44. The Morgan fingerprint density at radius 3 is 2.68 bits per heavy atom. The van der Waals surface area contributed by atoms with Crippen molar-refractivity contribution in [1.82, 2.24) is 15.1 Å². The largest absolute Gasteiger partial charge is 0.298 e. The van der Waals surface area contributed by atoms with Gasteiger partial charge in [0.05, 0.1) is 18.8 Å². The number of rotatable bonds is 5. The van der Waals surface area contributed by atoms with Gasteiger partial charge >= 0.3 is 0 Å². The van der Waals surface area contributed by atoms with Crippen molar-refractivity contribution in [2.75, 3.05) is 6.54 Å². The van der Waals surface area contributed by atoms with Crippen LogP contribution in [0.1, 0.15) is 13.8 Å². The second-order valence-corrected chi connectivity index (χ2v) is 4.77. The number of nitriles is 1. The average molecular weight is 254 g/mol. The molecule has 0 bridgehead atoms. The Morgan fingerprint density at radius 2 is 2.05 bits per heavy atom. The molecule has 4 nitrogen and oxygen atoms in total. The summed E-state index contributed by atoms with van der Waals surface area (Å²) in [7, 11) is 0. The highest BCUT2D eigenvalue weighted by molar-refractivity contribution is 5.61. The summed E-state index contributed by atoms with van der Waals surface area (Å²) in [6, 6.07) is 12.4. The van der Waals surface area contributed by atoms with Crippen LogP contribution < -0.4 is 5.32 Å². The van der Waals surface area contributed by atoms with Gasteiger partial charge in [-0.3, -0.25) is 10.00 Å². The standard InChI is InChI=1S/C15H18N4/c1-3-17-15(2,11-16)12-19-10-14(9-18-19)13-7-5-4-6-8-13/h4-10,17H,3,12H2,1-2H3. The zero-order valence-corrected chi connectivity index (χ0v) is 11.3. The first-order valence-electron chi connectivity index (χ1n) is 6.41. The van der Waals surface area contributed by atoms with Gasteiger partial charge in [-0.1, -0.05) is 37.3 Å². The molecule has 0 fully saturated rings. The fourth-order valence-electron chi connectivity index (χ4n) is 2.07. The monoisotopic (exact) mass is 254 g/mol. The highest BCUT2D eigenvalue weighted by Crippen LogP contribution is 2.18. The molecule has 2 rings (SSSR count). The number of hydrogen-bond donors (Lipinski definition) is 1. The third-order valence-corrected chi connectivity index (χ3v) is 3.03. The topological polar surface area (TPSA) is 53.6 Å². The molecule has 19 heavy (non-hydrogen) atoms. The molecule has 1 aromatic carbocycles. The third-order valence-electron chi connectivity index (χ3n) is 3.03. The van der Waals surface area contributed by atoms with Crippen molar-refractivity contribution in [3.8, 4) is 17.2 Å². The first kappa shape index (κ1) is 13.3. The summed E-state index contributed by atoms with van der Waals surface area (Å²) in [6.07, 6.45) is 3.81. The molecule has 0 saturated heterocycles. The highest BCUT2D eigenvalue weighted by atomic mass is 15.3. The van der Waals surface area contributed by atoms with Crippen molar-refractivity contribution in [1.29, 1.82) is 5.26 Å². The van der Waals surface area contributed by atoms with Crippen LogP contribution in [0.4, 0.5) is 0 Å². The maximum Gasteiger partial charge on any atom is 0.123 e. The van der Waals surface area contributed by atoms with Crippen molar-refractivity contribution >= 4 is 0 Å². The van der Waals surface area contributed by atoms with Crippen LogP contribution in [0, 0.1) is 11.3 Å².